The van der Waals surface area contributed by atoms with Crippen LogP contribution in [0.4, 0.5) is 0 Å². The van der Waals surface area contributed by atoms with Crippen molar-refractivity contribution in [3.8, 4) is 17.6 Å². The largest absolute Gasteiger partial charge is 0.493 e. The van der Waals surface area contributed by atoms with Crippen LogP contribution in [0.15, 0.2) is 22.2 Å². The summed E-state index contributed by atoms with van der Waals surface area (Å²) in [6.45, 7) is 0. The lowest BCUT2D eigenvalue weighted by Crippen LogP contribution is -2.33. The highest BCUT2D eigenvalue weighted by molar-refractivity contribution is 9.10. The highest BCUT2D eigenvalue weighted by Crippen LogP contribution is 2.34. The predicted octanol–water partition coefficient (Wildman–Crippen LogP) is 3.43. The maximum absolute atomic E-state index is 12.3. The number of carbonyl (C=O) groups is 1. The van der Waals surface area contributed by atoms with E-state index in [1.54, 1.807) is 25.3 Å². The van der Waals surface area contributed by atoms with Crippen molar-refractivity contribution in [3.05, 3.63) is 27.7 Å². The molecule has 0 heterocycles. The summed E-state index contributed by atoms with van der Waals surface area (Å²) in [5.74, 6) is 0.780. The highest BCUT2D eigenvalue weighted by Gasteiger charge is 2.19. The third-order valence-electron chi connectivity index (χ3n) is 3.86. The number of nitriles is 1. The van der Waals surface area contributed by atoms with Crippen molar-refractivity contribution in [1.29, 1.82) is 5.26 Å². The minimum absolute atomic E-state index is 0.0739. The Bertz CT molecular complexity index is 659. The molecule has 1 N–H and O–H groups in total. The molecule has 1 amide bonds. The van der Waals surface area contributed by atoms with Crippen LogP contribution in [0, 0.1) is 11.3 Å². The van der Waals surface area contributed by atoms with E-state index in [4.69, 9.17) is 9.47 Å². The number of hydrogen-bond acceptors (Lipinski definition) is 4. The molecule has 0 aliphatic heterocycles. The molecule has 0 atom stereocenters. The number of methoxy groups -OCH3 is 2. The molecule has 1 aromatic carbocycles. The standard InChI is InChI=1S/C17H19BrN2O3/c1-22-15-8-11(14(18)9-16(15)23-2)7-12(10-19)17(21)20-13-5-3-4-6-13/h7-9,13H,3-6H2,1-2H3,(H,20,21)/b12-7+. The lowest BCUT2D eigenvalue weighted by Gasteiger charge is -2.12. The zero-order valence-electron chi connectivity index (χ0n) is 13.2. The van der Waals surface area contributed by atoms with Crippen LogP contribution in [0.5, 0.6) is 11.5 Å². The Kier molecular flexibility index (Phi) is 6.05. The van der Waals surface area contributed by atoms with Gasteiger partial charge in [0, 0.05) is 10.5 Å². The van der Waals surface area contributed by atoms with E-state index >= 15 is 0 Å². The van der Waals surface area contributed by atoms with Gasteiger partial charge in [-0.1, -0.05) is 28.8 Å². The van der Waals surface area contributed by atoms with Crippen molar-refractivity contribution in [2.24, 2.45) is 0 Å². The van der Waals surface area contributed by atoms with Gasteiger partial charge in [0.25, 0.3) is 5.91 Å². The Labute approximate surface area is 144 Å². The van der Waals surface area contributed by atoms with Crippen LogP contribution < -0.4 is 14.8 Å². The maximum Gasteiger partial charge on any atom is 0.262 e. The third kappa shape index (κ3) is 4.26. The van der Waals surface area contributed by atoms with Gasteiger partial charge in [-0.3, -0.25) is 4.79 Å². The Balaban J connectivity index is 2.26. The topological polar surface area (TPSA) is 71.3 Å². The van der Waals surface area contributed by atoms with Crippen LogP contribution in [-0.2, 0) is 4.79 Å². The number of halogens is 1. The summed E-state index contributed by atoms with van der Waals surface area (Å²) in [6.07, 6.45) is 5.75. The lowest BCUT2D eigenvalue weighted by molar-refractivity contribution is -0.117. The molecule has 1 aromatic rings. The fourth-order valence-electron chi connectivity index (χ4n) is 2.62. The average Bonchev–Trinajstić information content (AvgIpc) is 3.06. The van der Waals surface area contributed by atoms with E-state index in [9.17, 15) is 10.1 Å². The zero-order chi connectivity index (χ0) is 16.8. The van der Waals surface area contributed by atoms with E-state index in [2.05, 4.69) is 21.2 Å². The summed E-state index contributed by atoms with van der Waals surface area (Å²) in [6, 6.07) is 5.62. The van der Waals surface area contributed by atoms with Gasteiger partial charge in [-0.05, 0) is 36.6 Å². The van der Waals surface area contributed by atoms with Gasteiger partial charge in [-0.2, -0.15) is 5.26 Å². The smallest absolute Gasteiger partial charge is 0.262 e. The summed E-state index contributed by atoms with van der Waals surface area (Å²) in [5, 5.41) is 12.2. The first-order valence-electron chi connectivity index (χ1n) is 7.43. The molecule has 122 valence electrons. The number of hydrogen-bond donors (Lipinski definition) is 1. The van der Waals surface area contributed by atoms with Crippen LogP contribution in [-0.4, -0.2) is 26.2 Å². The number of nitrogens with zero attached hydrogens (tertiary/aromatic N) is 1. The summed E-state index contributed by atoms with van der Waals surface area (Å²) in [4.78, 5) is 12.3. The van der Waals surface area contributed by atoms with Gasteiger partial charge in [0.05, 0.1) is 14.2 Å². The second-order valence-electron chi connectivity index (χ2n) is 5.35. The molecule has 0 radical (unpaired) electrons. The Morgan fingerprint density at radius 1 is 1.30 bits per heavy atom. The quantitative estimate of drug-likeness (QED) is 0.629. The lowest BCUT2D eigenvalue weighted by atomic mass is 10.1. The summed E-state index contributed by atoms with van der Waals surface area (Å²) < 4.78 is 11.2. The van der Waals surface area contributed by atoms with Crippen LogP contribution in [0.3, 0.4) is 0 Å². The molecule has 0 unspecified atom stereocenters. The van der Waals surface area contributed by atoms with Crippen LogP contribution >= 0.6 is 15.9 Å². The highest BCUT2D eigenvalue weighted by atomic mass is 79.9. The van der Waals surface area contributed by atoms with E-state index in [0.29, 0.717) is 17.1 Å². The molecular formula is C17H19BrN2O3. The molecular weight excluding hydrogens is 360 g/mol. The second-order valence-corrected chi connectivity index (χ2v) is 6.21. The normalized spacial score (nSPS) is 15.1. The molecule has 1 aliphatic rings. The molecule has 2 rings (SSSR count). The van der Waals surface area contributed by atoms with E-state index in [1.807, 2.05) is 6.07 Å². The minimum atomic E-state index is -0.332. The van der Waals surface area contributed by atoms with Gasteiger partial charge in [-0.15, -0.1) is 0 Å². The molecule has 0 bridgehead atoms. The molecule has 1 saturated carbocycles. The molecule has 0 aromatic heterocycles. The number of carbonyl (C=O) groups excluding carboxylic acids is 1. The van der Waals surface area contributed by atoms with Gasteiger partial charge in [0.1, 0.15) is 11.6 Å². The molecule has 1 fully saturated rings. The van der Waals surface area contributed by atoms with Gasteiger partial charge in [-0.25, -0.2) is 0 Å². The number of nitrogens with one attached hydrogen (secondary N) is 1. The van der Waals surface area contributed by atoms with Gasteiger partial charge in [0.2, 0.25) is 0 Å². The zero-order valence-corrected chi connectivity index (χ0v) is 14.8. The average molecular weight is 379 g/mol. The first kappa shape index (κ1) is 17.4. The van der Waals surface area contributed by atoms with E-state index in [-0.39, 0.29) is 17.5 Å². The fourth-order valence-corrected chi connectivity index (χ4v) is 3.05. The number of ether oxygens (including phenoxy) is 2. The van der Waals surface area contributed by atoms with Crippen molar-refractivity contribution in [3.63, 3.8) is 0 Å². The molecule has 5 nitrogen and oxygen atoms in total. The third-order valence-corrected chi connectivity index (χ3v) is 4.54. The van der Waals surface area contributed by atoms with Crippen molar-refractivity contribution in [2.75, 3.05) is 14.2 Å². The van der Waals surface area contributed by atoms with Crippen molar-refractivity contribution in [1.82, 2.24) is 5.32 Å². The van der Waals surface area contributed by atoms with Crippen molar-refractivity contribution >= 4 is 27.9 Å². The SMILES string of the molecule is COc1cc(Br)c(/C=C(\C#N)C(=O)NC2CCCC2)cc1OC. The van der Waals surface area contributed by atoms with E-state index in [1.165, 1.54) is 7.11 Å². The van der Waals surface area contributed by atoms with Crippen LogP contribution in [0.25, 0.3) is 6.08 Å². The van der Waals surface area contributed by atoms with E-state index < -0.39 is 0 Å². The monoisotopic (exact) mass is 378 g/mol. The molecule has 1 aliphatic carbocycles. The second kappa shape index (κ2) is 8.02. The summed E-state index contributed by atoms with van der Waals surface area (Å²) >= 11 is 3.43. The maximum atomic E-state index is 12.3. The van der Waals surface area contributed by atoms with Gasteiger partial charge in [0.15, 0.2) is 11.5 Å². The van der Waals surface area contributed by atoms with Crippen molar-refractivity contribution < 1.29 is 14.3 Å². The number of benzene rings is 1. The first-order chi connectivity index (χ1) is 11.1. The summed E-state index contributed by atoms with van der Waals surface area (Å²) in [5.41, 5.74) is 0.755. The van der Waals surface area contributed by atoms with Gasteiger partial charge >= 0.3 is 0 Å². The van der Waals surface area contributed by atoms with E-state index in [0.717, 1.165) is 30.2 Å². The molecule has 23 heavy (non-hydrogen) atoms. The Hall–Kier alpha value is -2.00. The van der Waals surface area contributed by atoms with Crippen LogP contribution in [0.1, 0.15) is 31.2 Å². The van der Waals surface area contributed by atoms with Crippen molar-refractivity contribution in [2.45, 2.75) is 31.7 Å². The minimum Gasteiger partial charge on any atom is -0.493 e. The predicted molar refractivity (Wildman–Crippen MR) is 91.2 cm³/mol. The Morgan fingerprint density at radius 2 is 1.91 bits per heavy atom. The molecule has 6 heteroatoms. The first-order valence-corrected chi connectivity index (χ1v) is 8.22. The number of amides is 1. The van der Waals surface area contributed by atoms with Crippen LogP contribution in [0.2, 0.25) is 0 Å². The van der Waals surface area contributed by atoms with Gasteiger partial charge < -0.3 is 14.8 Å². The Morgan fingerprint density at radius 3 is 2.48 bits per heavy atom. The number of rotatable bonds is 5. The summed E-state index contributed by atoms with van der Waals surface area (Å²) in [7, 11) is 3.09. The molecule has 0 spiro atoms. The fraction of sp³-hybridized carbons (Fsp3) is 0.412. The molecule has 0 saturated heterocycles.